The molecule has 0 aliphatic rings. The van der Waals surface area contributed by atoms with Gasteiger partial charge in [-0.3, -0.25) is 0 Å². The molecule has 1 N–H and O–H groups in total. The minimum atomic E-state index is -0.592. The van der Waals surface area contributed by atoms with E-state index in [0.717, 1.165) is 22.1 Å². The number of benzene rings is 2. The van der Waals surface area contributed by atoms with Gasteiger partial charge in [0.15, 0.2) is 5.16 Å². The maximum absolute atomic E-state index is 10.2. The first-order valence-electron chi connectivity index (χ1n) is 8.10. The Morgan fingerprint density at radius 2 is 2.04 bits per heavy atom. The van der Waals surface area contributed by atoms with E-state index >= 15 is 0 Å². The number of fused-ring (bicyclic) bond motifs is 1. The molecule has 0 spiro atoms. The van der Waals surface area contributed by atoms with Crippen LogP contribution in [0.4, 0.5) is 0 Å². The van der Waals surface area contributed by atoms with E-state index < -0.39 is 6.10 Å². The van der Waals surface area contributed by atoms with Crippen LogP contribution in [0.1, 0.15) is 5.82 Å². The number of rotatable bonds is 8. The number of aromatic nitrogens is 3. The minimum Gasteiger partial charge on any atom is -0.491 e. The summed E-state index contributed by atoms with van der Waals surface area (Å²) in [5.41, 5.74) is 0. The van der Waals surface area contributed by atoms with Gasteiger partial charge in [-0.15, -0.1) is 16.8 Å². The molecule has 0 bridgehead atoms. The Kier molecular flexibility index (Phi) is 5.73. The molecule has 6 heteroatoms. The molecule has 0 radical (unpaired) electrons. The molecule has 2 aromatic carbocycles. The van der Waals surface area contributed by atoms with Gasteiger partial charge in [-0.25, -0.2) is 0 Å². The van der Waals surface area contributed by atoms with Crippen LogP contribution in [0.25, 0.3) is 10.8 Å². The number of aryl methyl sites for hydroxylation is 1. The monoisotopic (exact) mass is 355 g/mol. The molecule has 0 saturated heterocycles. The summed E-state index contributed by atoms with van der Waals surface area (Å²) in [4.78, 5) is 0. The quantitative estimate of drug-likeness (QED) is 0.495. The number of aliphatic hydroxyl groups excluding tert-OH is 1. The van der Waals surface area contributed by atoms with Gasteiger partial charge in [0.05, 0.1) is 6.10 Å². The van der Waals surface area contributed by atoms with Gasteiger partial charge in [0.2, 0.25) is 0 Å². The third kappa shape index (κ3) is 4.41. The molecule has 0 amide bonds. The summed E-state index contributed by atoms with van der Waals surface area (Å²) in [7, 11) is 0. The first-order chi connectivity index (χ1) is 12.2. The van der Waals surface area contributed by atoms with E-state index in [9.17, 15) is 5.11 Å². The van der Waals surface area contributed by atoms with Gasteiger partial charge in [-0.05, 0) is 29.8 Å². The summed E-state index contributed by atoms with van der Waals surface area (Å²) in [5, 5.41) is 21.5. The van der Waals surface area contributed by atoms with Crippen LogP contribution in [0.5, 0.6) is 5.75 Å². The van der Waals surface area contributed by atoms with Gasteiger partial charge in [0.1, 0.15) is 18.2 Å². The molecular formula is C19H21N3O2S. The standard InChI is InChI=1S/C19H21N3O2S/c1-3-10-22-14(2)20-21-19(22)25-13-17(23)12-24-18-9-8-15-6-4-5-7-16(15)11-18/h3-9,11,17,23H,1,10,12-13H2,2H3. The SMILES string of the molecule is C=CCn1c(C)nnc1SCC(O)COc1ccc2ccccc2c1. The first-order valence-corrected chi connectivity index (χ1v) is 9.09. The third-order valence-corrected chi connectivity index (χ3v) is 4.89. The Labute approximate surface area is 151 Å². The van der Waals surface area contributed by atoms with Gasteiger partial charge in [-0.1, -0.05) is 48.2 Å². The van der Waals surface area contributed by atoms with Crippen LogP contribution in [0.3, 0.4) is 0 Å². The zero-order chi connectivity index (χ0) is 17.6. The van der Waals surface area contributed by atoms with Gasteiger partial charge >= 0.3 is 0 Å². The van der Waals surface area contributed by atoms with Crippen molar-refractivity contribution in [2.45, 2.75) is 24.7 Å². The van der Waals surface area contributed by atoms with E-state index in [1.807, 2.05) is 47.9 Å². The Bertz CT molecular complexity index is 863. The second-order valence-corrected chi connectivity index (χ2v) is 6.70. The lowest BCUT2D eigenvalue weighted by Gasteiger charge is -2.13. The molecule has 0 aliphatic heterocycles. The average Bonchev–Trinajstić information content (AvgIpc) is 2.98. The van der Waals surface area contributed by atoms with Crippen LogP contribution >= 0.6 is 11.8 Å². The number of hydrogen-bond acceptors (Lipinski definition) is 5. The van der Waals surface area contributed by atoms with Gasteiger partial charge in [-0.2, -0.15) is 0 Å². The van der Waals surface area contributed by atoms with E-state index in [1.165, 1.54) is 17.1 Å². The van der Waals surface area contributed by atoms with Gasteiger partial charge < -0.3 is 14.4 Å². The summed E-state index contributed by atoms with van der Waals surface area (Å²) in [6, 6.07) is 14.0. The predicted octanol–water partition coefficient (Wildman–Crippen LogP) is 3.46. The molecular weight excluding hydrogens is 334 g/mol. The van der Waals surface area contributed by atoms with E-state index in [0.29, 0.717) is 12.3 Å². The van der Waals surface area contributed by atoms with Crippen molar-refractivity contribution in [1.82, 2.24) is 14.8 Å². The molecule has 3 rings (SSSR count). The zero-order valence-electron chi connectivity index (χ0n) is 14.1. The molecule has 0 fully saturated rings. The van der Waals surface area contributed by atoms with E-state index in [2.05, 4.69) is 22.8 Å². The van der Waals surface area contributed by atoms with Crippen molar-refractivity contribution in [3.63, 3.8) is 0 Å². The highest BCUT2D eigenvalue weighted by Gasteiger charge is 2.12. The number of ether oxygens (including phenoxy) is 1. The predicted molar refractivity (Wildman–Crippen MR) is 101 cm³/mol. The highest BCUT2D eigenvalue weighted by atomic mass is 32.2. The fraction of sp³-hybridized carbons (Fsp3) is 0.263. The highest BCUT2D eigenvalue weighted by Crippen LogP contribution is 2.22. The fourth-order valence-electron chi connectivity index (χ4n) is 2.48. The second-order valence-electron chi connectivity index (χ2n) is 5.71. The summed E-state index contributed by atoms with van der Waals surface area (Å²) in [6.07, 6.45) is 1.21. The molecule has 25 heavy (non-hydrogen) atoms. The van der Waals surface area contributed by atoms with Gasteiger partial charge in [0.25, 0.3) is 0 Å². The van der Waals surface area contributed by atoms with Crippen LogP contribution in [-0.4, -0.2) is 38.3 Å². The molecule has 0 aliphatic carbocycles. The van der Waals surface area contributed by atoms with Crippen LogP contribution in [-0.2, 0) is 6.54 Å². The number of thioether (sulfide) groups is 1. The molecule has 1 heterocycles. The normalized spacial score (nSPS) is 12.2. The summed E-state index contributed by atoms with van der Waals surface area (Å²) >= 11 is 1.47. The highest BCUT2D eigenvalue weighted by molar-refractivity contribution is 7.99. The topological polar surface area (TPSA) is 60.2 Å². The number of nitrogens with zero attached hydrogens (tertiary/aromatic N) is 3. The first kappa shape index (κ1) is 17.5. The molecule has 1 unspecified atom stereocenters. The molecule has 130 valence electrons. The molecule has 5 nitrogen and oxygen atoms in total. The molecule has 1 atom stereocenters. The van der Waals surface area contributed by atoms with Crippen molar-refractivity contribution in [2.24, 2.45) is 0 Å². The Morgan fingerprint density at radius 3 is 2.84 bits per heavy atom. The molecule has 0 saturated carbocycles. The molecule has 3 aromatic rings. The lowest BCUT2D eigenvalue weighted by molar-refractivity contribution is 0.126. The number of allylic oxidation sites excluding steroid dienone is 1. The van der Waals surface area contributed by atoms with E-state index in [1.54, 1.807) is 6.08 Å². The van der Waals surface area contributed by atoms with E-state index in [-0.39, 0.29) is 6.61 Å². The average molecular weight is 355 g/mol. The maximum atomic E-state index is 10.2. The van der Waals surface area contributed by atoms with Crippen LogP contribution in [0.2, 0.25) is 0 Å². The van der Waals surface area contributed by atoms with Crippen molar-refractivity contribution < 1.29 is 9.84 Å². The largest absolute Gasteiger partial charge is 0.491 e. The van der Waals surface area contributed by atoms with Crippen molar-refractivity contribution >= 4 is 22.5 Å². The molecule has 1 aromatic heterocycles. The van der Waals surface area contributed by atoms with Crippen molar-refractivity contribution in [2.75, 3.05) is 12.4 Å². The number of hydrogen-bond donors (Lipinski definition) is 1. The Hall–Kier alpha value is -2.31. The van der Waals surface area contributed by atoms with Crippen LogP contribution in [0, 0.1) is 6.92 Å². The van der Waals surface area contributed by atoms with Crippen LogP contribution in [0.15, 0.2) is 60.3 Å². The minimum absolute atomic E-state index is 0.236. The number of aliphatic hydroxyl groups is 1. The lowest BCUT2D eigenvalue weighted by atomic mass is 10.1. The summed E-state index contributed by atoms with van der Waals surface area (Å²) < 4.78 is 7.69. The maximum Gasteiger partial charge on any atom is 0.191 e. The zero-order valence-corrected chi connectivity index (χ0v) is 14.9. The third-order valence-electron chi connectivity index (χ3n) is 3.78. The van der Waals surface area contributed by atoms with Crippen molar-refractivity contribution in [1.29, 1.82) is 0 Å². The van der Waals surface area contributed by atoms with Crippen LogP contribution < -0.4 is 4.74 Å². The second kappa shape index (κ2) is 8.18. The Balaban J connectivity index is 1.54. The van der Waals surface area contributed by atoms with Crippen molar-refractivity contribution in [3.05, 3.63) is 60.9 Å². The lowest BCUT2D eigenvalue weighted by Crippen LogP contribution is -2.20. The summed E-state index contributed by atoms with van der Waals surface area (Å²) in [5.74, 6) is 2.08. The van der Waals surface area contributed by atoms with Gasteiger partial charge in [0, 0.05) is 12.3 Å². The summed E-state index contributed by atoms with van der Waals surface area (Å²) in [6.45, 7) is 6.54. The van der Waals surface area contributed by atoms with E-state index in [4.69, 9.17) is 4.74 Å². The van der Waals surface area contributed by atoms with Crippen molar-refractivity contribution in [3.8, 4) is 5.75 Å². The smallest absolute Gasteiger partial charge is 0.191 e. The fourth-order valence-corrected chi connectivity index (χ4v) is 3.37. The Morgan fingerprint density at radius 1 is 1.24 bits per heavy atom.